The van der Waals surface area contributed by atoms with E-state index in [9.17, 15) is 9.18 Å². The average molecular weight is 563 g/mol. The van der Waals surface area contributed by atoms with E-state index in [4.69, 9.17) is 36.1 Å². The van der Waals surface area contributed by atoms with Crippen LogP contribution in [0.25, 0.3) is 16.6 Å². The first-order valence-corrected chi connectivity index (χ1v) is 12.7. The van der Waals surface area contributed by atoms with Crippen molar-refractivity contribution < 1.29 is 33.7 Å². The monoisotopic (exact) mass is 562 g/mol. The van der Waals surface area contributed by atoms with E-state index in [2.05, 4.69) is 10.6 Å². The number of carbonyl (C=O) groups excluding carboxylic acids is 1. The maximum Gasteiger partial charge on any atom is 0.414 e. The van der Waals surface area contributed by atoms with E-state index in [1.807, 2.05) is 54.8 Å². The smallest absolute Gasteiger partial charge is 0.414 e. The highest BCUT2D eigenvalue weighted by Gasteiger charge is 2.46. The van der Waals surface area contributed by atoms with Crippen molar-refractivity contribution in [2.45, 2.75) is 38.3 Å². The van der Waals surface area contributed by atoms with Gasteiger partial charge in [0.05, 0.1) is 23.9 Å². The topological polar surface area (TPSA) is 133 Å². The van der Waals surface area contributed by atoms with Gasteiger partial charge in [0.1, 0.15) is 11.6 Å². The number of urea groups is 1. The van der Waals surface area contributed by atoms with E-state index < -0.39 is 11.9 Å². The van der Waals surface area contributed by atoms with Crippen LogP contribution in [-0.4, -0.2) is 76.0 Å². The van der Waals surface area contributed by atoms with E-state index in [1.165, 1.54) is 12.1 Å². The molecule has 210 valence electrons. The molecular weight excluding hydrogens is 531 g/mol. The summed E-state index contributed by atoms with van der Waals surface area (Å²) >= 11 is 6.26. The Labute approximate surface area is 230 Å². The average Bonchev–Trinajstić information content (AvgIpc) is 3.41. The Kier molecular flexibility index (Phi) is 9.76. The number of rotatable bonds is 9. The van der Waals surface area contributed by atoms with Crippen molar-refractivity contribution >= 4 is 40.5 Å². The third-order valence-electron chi connectivity index (χ3n) is 6.50. The van der Waals surface area contributed by atoms with Gasteiger partial charge in [0.15, 0.2) is 0 Å². The summed E-state index contributed by atoms with van der Waals surface area (Å²) in [6.07, 6.45) is 3.44. The molecule has 2 heterocycles. The SMILES string of the molecule is CNCCC1(CCOc2cn(-c3ccc(F)cc3)c3cc(Cl)ccc23)CNC(=O)N1C(C)C.O=C(O)C(=O)O. The fourth-order valence-corrected chi connectivity index (χ4v) is 4.92. The minimum atomic E-state index is -1.82. The lowest BCUT2D eigenvalue weighted by Crippen LogP contribution is -2.52. The Morgan fingerprint density at radius 3 is 2.41 bits per heavy atom. The van der Waals surface area contributed by atoms with Crippen LogP contribution in [0.5, 0.6) is 5.75 Å². The molecule has 1 aliphatic heterocycles. The molecule has 2 amide bonds. The minimum absolute atomic E-state index is 0.0244. The second-order valence-corrected chi connectivity index (χ2v) is 9.85. The van der Waals surface area contributed by atoms with Gasteiger partial charge in [0.25, 0.3) is 0 Å². The molecule has 0 radical (unpaired) electrons. The van der Waals surface area contributed by atoms with Gasteiger partial charge in [0.2, 0.25) is 0 Å². The summed E-state index contributed by atoms with van der Waals surface area (Å²) in [5.41, 5.74) is 1.39. The predicted molar refractivity (Wildman–Crippen MR) is 145 cm³/mol. The van der Waals surface area contributed by atoms with Gasteiger partial charge in [-0.3, -0.25) is 0 Å². The standard InChI is InChI=1S/C25H30ClFN4O2.C2H2O4/c1-17(2)31-24(32)29-16-25(31,10-12-28-3)11-13-33-23-15-30(20-7-5-19(27)6-8-20)22-14-18(26)4-9-21(22)23;3-1(4)2(5)6/h4-9,14-15,17,28H,10-13,16H2,1-3H3,(H,29,32);(H,3,4)(H,5,6). The summed E-state index contributed by atoms with van der Waals surface area (Å²) in [6, 6.07) is 12.0. The normalized spacial score (nSPS) is 16.7. The molecular formula is C27H32ClFN4O6. The molecule has 1 aliphatic rings. The first-order chi connectivity index (χ1) is 18.5. The third-order valence-corrected chi connectivity index (χ3v) is 6.73. The molecule has 1 atom stereocenters. The van der Waals surface area contributed by atoms with Gasteiger partial charge < -0.3 is 35.1 Å². The number of amides is 2. The zero-order valence-corrected chi connectivity index (χ0v) is 22.7. The van der Waals surface area contributed by atoms with Crippen LogP contribution in [0.15, 0.2) is 48.7 Å². The lowest BCUT2D eigenvalue weighted by molar-refractivity contribution is -0.159. The van der Waals surface area contributed by atoms with Gasteiger partial charge >= 0.3 is 18.0 Å². The molecule has 2 aromatic carbocycles. The molecule has 1 aromatic heterocycles. The Morgan fingerprint density at radius 1 is 1.15 bits per heavy atom. The summed E-state index contributed by atoms with van der Waals surface area (Å²) in [5.74, 6) is -3.21. The number of aromatic nitrogens is 1. The van der Waals surface area contributed by atoms with Crippen LogP contribution < -0.4 is 15.4 Å². The molecule has 0 bridgehead atoms. The number of ether oxygens (including phenoxy) is 1. The first kappa shape index (κ1) is 29.7. The summed E-state index contributed by atoms with van der Waals surface area (Å²) in [5, 5.41) is 22.6. The number of hydrogen-bond donors (Lipinski definition) is 4. The van der Waals surface area contributed by atoms with Crippen LogP contribution in [0.2, 0.25) is 5.02 Å². The van der Waals surface area contributed by atoms with Gasteiger partial charge in [0, 0.05) is 35.1 Å². The molecule has 10 nitrogen and oxygen atoms in total. The second-order valence-electron chi connectivity index (χ2n) is 9.41. The van der Waals surface area contributed by atoms with Crippen LogP contribution in [0.3, 0.4) is 0 Å². The number of carboxylic acids is 2. The van der Waals surface area contributed by atoms with Gasteiger partial charge in [-0.05, 0) is 76.3 Å². The summed E-state index contributed by atoms with van der Waals surface area (Å²) in [6.45, 7) is 5.94. The summed E-state index contributed by atoms with van der Waals surface area (Å²) < 4.78 is 21.7. The Balaban J connectivity index is 0.000000631. The van der Waals surface area contributed by atoms with E-state index in [1.54, 1.807) is 12.1 Å². The maximum atomic E-state index is 13.4. The van der Waals surface area contributed by atoms with Gasteiger partial charge in [-0.15, -0.1) is 0 Å². The zero-order valence-electron chi connectivity index (χ0n) is 21.9. The number of nitrogens with zero attached hydrogens (tertiary/aromatic N) is 2. The molecule has 0 aliphatic carbocycles. The number of benzene rings is 2. The lowest BCUT2D eigenvalue weighted by atomic mass is 9.89. The molecule has 1 fully saturated rings. The number of aliphatic carboxylic acids is 2. The van der Waals surface area contributed by atoms with Crippen molar-refractivity contribution in [3.05, 3.63) is 59.5 Å². The zero-order chi connectivity index (χ0) is 28.7. The second kappa shape index (κ2) is 12.8. The van der Waals surface area contributed by atoms with Crippen LogP contribution in [0, 0.1) is 5.82 Å². The van der Waals surface area contributed by atoms with Gasteiger partial charge in [-0.25, -0.2) is 18.8 Å². The van der Waals surface area contributed by atoms with E-state index >= 15 is 0 Å². The van der Waals surface area contributed by atoms with Crippen molar-refractivity contribution in [1.29, 1.82) is 0 Å². The molecule has 39 heavy (non-hydrogen) atoms. The van der Waals surface area contributed by atoms with Crippen molar-refractivity contribution in [2.24, 2.45) is 0 Å². The van der Waals surface area contributed by atoms with Crippen molar-refractivity contribution in [3.8, 4) is 11.4 Å². The third kappa shape index (κ3) is 6.98. The Bertz CT molecular complexity index is 1320. The van der Waals surface area contributed by atoms with Gasteiger partial charge in [-0.2, -0.15) is 0 Å². The molecule has 12 heteroatoms. The fraction of sp³-hybridized carbons (Fsp3) is 0.370. The highest BCUT2D eigenvalue weighted by molar-refractivity contribution is 6.31. The molecule has 1 unspecified atom stereocenters. The van der Waals surface area contributed by atoms with Crippen LogP contribution in [-0.2, 0) is 9.59 Å². The molecule has 1 saturated heterocycles. The van der Waals surface area contributed by atoms with Crippen molar-refractivity contribution in [3.63, 3.8) is 0 Å². The number of carbonyl (C=O) groups is 3. The van der Waals surface area contributed by atoms with Crippen LogP contribution >= 0.6 is 11.6 Å². The number of carboxylic acid groups (broad SMARTS) is 2. The highest BCUT2D eigenvalue weighted by atomic mass is 35.5. The predicted octanol–water partition coefficient (Wildman–Crippen LogP) is 4.13. The molecule has 4 rings (SSSR count). The molecule has 4 N–H and O–H groups in total. The van der Waals surface area contributed by atoms with Crippen LogP contribution in [0.1, 0.15) is 26.7 Å². The largest absolute Gasteiger partial charge is 0.491 e. The highest BCUT2D eigenvalue weighted by Crippen LogP contribution is 2.34. The molecule has 3 aromatic rings. The Hall–Kier alpha value is -3.83. The van der Waals surface area contributed by atoms with Crippen LogP contribution in [0.4, 0.5) is 9.18 Å². The van der Waals surface area contributed by atoms with Crippen molar-refractivity contribution in [1.82, 2.24) is 20.1 Å². The summed E-state index contributed by atoms with van der Waals surface area (Å²) in [4.78, 5) is 32.7. The number of hydrogen-bond acceptors (Lipinski definition) is 5. The molecule has 0 saturated carbocycles. The Morgan fingerprint density at radius 2 is 1.82 bits per heavy atom. The first-order valence-electron chi connectivity index (χ1n) is 12.4. The number of nitrogens with one attached hydrogen (secondary N) is 2. The minimum Gasteiger partial charge on any atom is -0.491 e. The molecule has 0 spiro atoms. The maximum absolute atomic E-state index is 13.4. The van der Waals surface area contributed by atoms with Crippen molar-refractivity contribution in [2.75, 3.05) is 26.7 Å². The fourth-order valence-electron chi connectivity index (χ4n) is 4.76. The lowest BCUT2D eigenvalue weighted by Gasteiger charge is -2.39. The van der Waals surface area contributed by atoms with E-state index in [0.717, 1.165) is 35.3 Å². The van der Waals surface area contributed by atoms with Gasteiger partial charge in [-0.1, -0.05) is 11.6 Å². The number of halogens is 2. The number of fused-ring (bicyclic) bond motifs is 1. The van der Waals surface area contributed by atoms with E-state index in [-0.39, 0.29) is 23.4 Å². The summed E-state index contributed by atoms with van der Waals surface area (Å²) in [7, 11) is 1.92. The quantitative estimate of drug-likeness (QED) is 0.288. The van der Waals surface area contributed by atoms with E-state index in [0.29, 0.717) is 24.6 Å².